The minimum absolute atomic E-state index is 0.155. The third kappa shape index (κ3) is 8.10. The summed E-state index contributed by atoms with van der Waals surface area (Å²) in [4.78, 5) is 22.0. The number of primary amides is 1. The van der Waals surface area contributed by atoms with Crippen molar-refractivity contribution >= 4 is 17.6 Å². The molecule has 1 aromatic carbocycles. The minimum Gasteiger partial charge on any atom is -0.372 e. The standard InChI is InChI=1S/C13H16F3N3O3/c14-13(15,16)8-22-6-5-11(20)18-7-9-1-3-10(4-2-9)19-12(17)21/h1-4H,5-8H2,(H,18,20)(H3,17,19,21). The van der Waals surface area contributed by atoms with Crippen LogP contribution in [0.3, 0.4) is 0 Å². The molecule has 0 aliphatic rings. The first-order chi connectivity index (χ1) is 10.3. The highest BCUT2D eigenvalue weighted by Gasteiger charge is 2.27. The molecule has 122 valence electrons. The van der Waals surface area contributed by atoms with Gasteiger partial charge in [-0.1, -0.05) is 12.1 Å². The van der Waals surface area contributed by atoms with Crippen molar-refractivity contribution in [2.45, 2.75) is 19.1 Å². The molecule has 9 heteroatoms. The lowest BCUT2D eigenvalue weighted by atomic mass is 10.2. The molecule has 0 bridgehead atoms. The normalized spacial score (nSPS) is 11.0. The van der Waals surface area contributed by atoms with E-state index in [1.54, 1.807) is 24.3 Å². The molecular formula is C13H16F3N3O3. The average Bonchev–Trinajstić information content (AvgIpc) is 2.41. The number of rotatable bonds is 7. The lowest BCUT2D eigenvalue weighted by molar-refractivity contribution is -0.174. The summed E-state index contributed by atoms with van der Waals surface area (Å²) in [6.07, 6.45) is -4.55. The number of alkyl halides is 3. The van der Waals surface area contributed by atoms with E-state index in [4.69, 9.17) is 5.73 Å². The van der Waals surface area contributed by atoms with Crippen molar-refractivity contribution in [1.29, 1.82) is 0 Å². The Morgan fingerprint density at radius 2 is 1.82 bits per heavy atom. The molecule has 0 saturated heterocycles. The molecule has 0 aliphatic heterocycles. The van der Waals surface area contributed by atoms with E-state index in [0.29, 0.717) is 5.69 Å². The molecule has 1 aromatic rings. The largest absolute Gasteiger partial charge is 0.411 e. The topological polar surface area (TPSA) is 93.5 Å². The number of anilines is 1. The zero-order valence-electron chi connectivity index (χ0n) is 11.6. The number of carbonyl (C=O) groups is 2. The van der Waals surface area contributed by atoms with Gasteiger partial charge in [0.25, 0.3) is 0 Å². The predicted octanol–water partition coefficient (Wildman–Crippen LogP) is 1.76. The highest BCUT2D eigenvalue weighted by Crippen LogP contribution is 2.14. The first kappa shape index (κ1) is 17.8. The number of benzene rings is 1. The van der Waals surface area contributed by atoms with Gasteiger partial charge < -0.3 is 21.1 Å². The number of carbonyl (C=O) groups excluding carboxylic acids is 2. The average molecular weight is 319 g/mol. The summed E-state index contributed by atoms with van der Waals surface area (Å²) in [5.74, 6) is -0.415. The number of urea groups is 1. The Balaban J connectivity index is 2.25. The van der Waals surface area contributed by atoms with E-state index in [-0.39, 0.29) is 19.6 Å². The lowest BCUT2D eigenvalue weighted by Gasteiger charge is -2.08. The van der Waals surface area contributed by atoms with Gasteiger partial charge in [-0.2, -0.15) is 13.2 Å². The van der Waals surface area contributed by atoms with E-state index in [1.807, 2.05) is 0 Å². The van der Waals surface area contributed by atoms with Gasteiger partial charge in [-0.25, -0.2) is 4.79 Å². The zero-order chi connectivity index (χ0) is 16.6. The molecule has 3 amide bonds. The third-order valence-electron chi connectivity index (χ3n) is 2.45. The van der Waals surface area contributed by atoms with Crippen LogP contribution in [-0.2, 0) is 16.1 Å². The molecule has 0 fully saturated rings. The van der Waals surface area contributed by atoms with Gasteiger partial charge in [-0.15, -0.1) is 0 Å². The Bertz CT molecular complexity index is 503. The van der Waals surface area contributed by atoms with Gasteiger partial charge in [0.2, 0.25) is 5.91 Å². The van der Waals surface area contributed by atoms with Gasteiger partial charge in [0.15, 0.2) is 0 Å². The quantitative estimate of drug-likeness (QED) is 0.669. The Kier molecular flexibility index (Phi) is 6.64. The van der Waals surface area contributed by atoms with Crippen LogP contribution in [0.1, 0.15) is 12.0 Å². The van der Waals surface area contributed by atoms with Crippen LogP contribution < -0.4 is 16.4 Å². The van der Waals surface area contributed by atoms with Gasteiger partial charge in [0.05, 0.1) is 6.61 Å². The van der Waals surface area contributed by atoms with Gasteiger partial charge in [0, 0.05) is 18.7 Å². The number of halogens is 3. The van der Waals surface area contributed by atoms with E-state index in [0.717, 1.165) is 5.56 Å². The molecule has 0 heterocycles. The lowest BCUT2D eigenvalue weighted by Crippen LogP contribution is -2.25. The number of hydrogen-bond donors (Lipinski definition) is 3. The Labute approximate surface area is 124 Å². The van der Waals surface area contributed by atoms with Crippen LogP contribution in [0.2, 0.25) is 0 Å². The van der Waals surface area contributed by atoms with Crippen molar-refractivity contribution in [3.05, 3.63) is 29.8 Å². The van der Waals surface area contributed by atoms with E-state index in [2.05, 4.69) is 15.4 Å². The van der Waals surface area contributed by atoms with E-state index in [1.165, 1.54) is 0 Å². The molecule has 0 aromatic heterocycles. The highest BCUT2D eigenvalue weighted by atomic mass is 19.4. The summed E-state index contributed by atoms with van der Waals surface area (Å²) < 4.78 is 39.7. The SMILES string of the molecule is NC(=O)Nc1ccc(CNC(=O)CCOCC(F)(F)F)cc1. The van der Waals surface area contributed by atoms with Crippen LogP contribution in [0.15, 0.2) is 24.3 Å². The molecule has 1 rings (SSSR count). The fraction of sp³-hybridized carbons (Fsp3) is 0.385. The van der Waals surface area contributed by atoms with Crippen molar-refractivity contribution < 1.29 is 27.5 Å². The van der Waals surface area contributed by atoms with Gasteiger partial charge in [-0.05, 0) is 17.7 Å². The number of hydrogen-bond acceptors (Lipinski definition) is 3. The van der Waals surface area contributed by atoms with Crippen LogP contribution in [0.5, 0.6) is 0 Å². The molecule has 0 radical (unpaired) electrons. The molecule has 0 unspecified atom stereocenters. The van der Waals surface area contributed by atoms with Crippen molar-refractivity contribution in [3.63, 3.8) is 0 Å². The summed E-state index contributed by atoms with van der Waals surface area (Å²) in [6, 6.07) is 5.88. The summed E-state index contributed by atoms with van der Waals surface area (Å²) in [7, 11) is 0. The second-order valence-corrected chi connectivity index (χ2v) is 4.38. The molecule has 4 N–H and O–H groups in total. The monoisotopic (exact) mass is 319 g/mol. The van der Waals surface area contributed by atoms with Gasteiger partial charge in [-0.3, -0.25) is 4.79 Å². The molecule has 0 saturated carbocycles. The Morgan fingerprint density at radius 1 is 1.18 bits per heavy atom. The van der Waals surface area contributed by atoms with E-state index in [9.17, 15) is 22.8 Å². The highest BCUT2D eigenvalue weighted by molar-refractivity contribution is 5.87. The van der Waals surface area contributed by atoms with Crippen LogP contribution >= 0.6 is 0 Å². The summed E-state index contributed by atoms with van der Waals surface area (Å²) in [6.45, 7) is -1.45. The number of ether oxygens (including phenoxy) is 1. The van der Waals surface area contributed by atoms with Gasteiger partial charge in [0.1, 0.15) is 6.61 Å². The van der Waals surface area contributed by atoms with Gasteiger partial charge >= 0.3 is 12.2 Å². The first-order valence-corrected chi connectivity index (χ1v) is 6.33. The number of amides is 3. The Hall–Kier alpha value is -2.29. The van der Waals surface area contributed by atoms with Crippen molar-refractivity contribution in [3.8, 4) is 0 Å². The maximum absolute atomic E-state index is 11.8. The second kappa shape index (κ2) is 8.23. The zero-order valence-corrected chi connectivity index (χ0v) is 11.6. The van der Waals surface area contributed by atoms with Crippen molar-refractivity contribution in [1.82, 2.24) is 5.32 Å². The van der Waals surface area contributed by atoms with Crippen LogP contribution in [0.25, 0.3) is 0 Å². The maximum atomic E-state index is 11.8. The first-order valence-electron chi connectivity index (χ1n) is 6.33. The Morgan fingerprint density at radius 3 is 2.36 bits per heavy atom. The summed E-state index contributed by atoms with van der Waals surface area (Å²) >= 11 is 0. The molecular weight excluding hydrogens is 303 g/mol. The molecule has 0 atom stereocenters. The molecule has 6 nitrogen and oxygen atoms in total. The summed E-state index contributed by atoms with van der Waals surface area (Å²) in [5.41, 5.74) is 6.24. The fourth-order valence-corrected chi connectivity index (χ4v) is 1.49. The minimum atomic E-state index is -4.39. The number of nitrogens with one attached hydrogen (secondary N) is 2. The van der Waals surface area contributed by atoms with E-state index >= 15 is 0 Å². The number of nitrogens with two attached hydrogens (primary N) is 1. The molecule has 0 aliphatic carbocycles. The molecule has 22 heavy (non-hydrogen) atoms. The summed E-state index contributed by atoms with van der Waals surface area (Å²) in [5, 5.41) is 4.93. The third-order valence-corrected chi connectivity index (χ3v) is 2.45. The smallest absolute Gasteiger partial charge is 0.372 e. The second-order valence-electron chi connectivity index (χ2n) is 4.38. The van der Waals surface area contributed by atoms with E-state index < -0.39 is 24.7 Å². The van der Waals surface area contributed by atoms with Crippen LogP contribution in [0, 0.1) is 0 Å². The van der Waals surface area contributed by atoms with Crippen molar-refractivity contribution in [2.24, 2.45) is 5.73 Å². The van der Waals surface area contributed by atoms with Crippen LogP contribution in [-0.4, -0.2) is 31.3 Å². The fourth-order valence-electron chi connectivity index (χ4n) is 1.49. The van der Waals surface area contributed by atoms with Crippen molar-refractivity contribution in [2.75, 3.05) is 18.5 Å². The predicted molar refractivity (Wildman–Crippen MR) is 73.0 cm³/mol. The van der Waals surface area contributed by atoms with Crippen LogP contribution in [0.4, 0.5) is 23.7 Å². The molecule has 0 spiro atoms. The maximum Gasteiger partial charge on any atom is 0.411 e.